The zero-order valence-electron chi connectivity index (χ0n) is 12.1. The molecule has 1 heterocycles. The highest BCUT2D eigenvalue weighted by Crippen LogP contribution is 2.40. The monoisotopic (exact) mass is 272 g/mol. The summed E-state index contributed by atoms with van der Waals surface area (Å²) in [6, 6.07) is 0. The van der Waals surface area contributed by atoms with Crippen molar-refractivity contribution in [2.45, 2.75) is 43.3 Å². The van der Waals surface area contributed by atoms with Crippen molar-refractivity contribution in [1.82, 2.24) is 10.2 Å². The first-order chi connectivity index (χ1) is 8.74. The Hall–Kier alpha value is 0.0569. The molecule has 0 radical (unpaired) electrons. The minimum Gasteiger partial charge on any atom is -0.397 e. The van der Waals surface area contributed by atoms with Crippen molar-refractivity contribution < 1.29 is 8.85 Å². The van der Waals surface area contributed by atoms with E-state index in [9.17, 15) is 0 Å². The highest BCUT2D eigenvalue weighted by molar-refractivity contribution is 6.70. The third kappa shape index (κ3) is 2.65. The number of rotatable bonds is 4. The van der Waals surface area contributed by atoms with E-state index in [-0.39, 0.29) is 0 Å². The molecule has 1 N–H and O–H groups in total. The second-order valence-electron chi connectivity index (χ2n) is 5.67. The molecule has 5 heteroatoms. The van der Waals surface area contributed by atoms with Crippen LogP contribution in [0, 0.1) is 0 Å². The summed E-state index contributed by atoms with van der Waals surface area (Å²) < 4.78 is 12.1. The van der Waals surface area contributed by atoms with Crippen LogP contribution >= 0.6 is 0 Å². The highest BCUT2D eigenvalue weighted by atomic mass is 28.4. The lowest BCUT2D eigenvalue weighted by atomic mass is 10.0. The van der Waals surface area contributed by atoms with Gasteiger partial charge in [-0.05, 0) is 19.9 Å². The van der Waals surface area contributed by atoms with Crippen LogP contribution in [-0.4, -0.2) is 60.0 Å². The van der Waals surface area contributed by atoms with Crippen molar-refractivity contribution in [1.29, 1.82) is 0 Å². The largest absolute Gasteiger partial charge is 0.397 e. The van der Waals surface area contributed by atoms with Gasteiger partial charge in [-0.3, -0.25) is 4.90 Å². The van der Waals surface area contributed by atoms with E-state index in [1.54, 1.807) is 0 Å². The summed E-state index contributed by atoms with van der Waals surface area (Å²) >= 11 is 0. The Morgan fingerprint density at radius 2 is 1.78 bits per heavy atom. The Morgan fingerprint density at radius 1 is 1.11 bits per heavy atom. The van der Waals surface area contributed by atoms with Crippen LogP contribution in [0.3, 0.4) is 0 Å². The molecule has 1 unspecified atom stereocenters. The molecule has 0 bridgehead atoms. The number of nitrogens with one attached hydrogen (secondary N) is 1. The van der Waals surface area contributed by atoms with E-state index < -0.39 is 8.56 Å². The molecule has 0 spiro atoms. The second-order valence-corrected chi connectivity index (χ2v) is 9.41. The molecule has 4 nitrogen and oxygen atoms in total. The van der Waals surface area contributed by atoms with E-state index in [1.807, 2.05) is 14.2 Å². The number of likely N-dealkylation sites (N-methyl/N-ethyl adjacent to an activating group) is 1. The summed E-state index contributed by atoms with van der Waals surface area (Å²) in [5, 5.41) is 3.51. The number of piperazine rings is 1. The lowest BCUT2D eigenvalue weighted by Gasteiger charge is -2.47. The van der Waals surface area contributed by atoms with E-state index >= 15 is 0 Å². The fraction of sp³-hybridized carbons (Fsp3) is 1.00. The maximum Gasteiger partial charge on any atom is 0.359 e. The second kappa shape index (κ2) is 6.48. The summed E-state index contributed by atoms with van der Waals surface area (Å²) in [4.78, 5) is 2.45. The SMILES string of the molecule is CO[Si](OC)(C1CCCCC1)C1CNCCN1C. The molecular weight excluding hydrogens is 244 g/mol. The minimum atomic E-state index is -2.14. The molecule has 1 atom stereocenters. The molecule has 1 saturated heterocycles. The topological polar surface area (TPSA) is 33.7 Å². The van der Waals surface area contributed by atoms with Crippen LogP contribution in [0.5, 0.6) is 0 Å². The smallest absolute Gasteiger partial charge is 0.359 e. The van der Waals surface area contributed by atoms with Gasteiger partial charge in [0.15, 0.2) is 0 Å². The van der Waals surface area contributed by atoms with Crippen molar-refractivity contribution in [2.24, 2.45) is 0 Å². The van der Waals surface area contributed by atoms with Crippen molar-refractivity contribution in [3.8, 4) is 0 Å². The van der Waals surface area contributed by atoms with Gasteiger partial charge in [0, 0.05) is 39.4 Å². The first-order valence-electron chi connectivity index (χ1n) is 7.26. The standard InChI is InChI=1S/C13H28N2O2Si/c1-15-10-9-14-11-13(15)18(16-2,17-3)12-7-5-4-6-8-12/h12-14H,4-11H2,1-3H3. The Balaban J connectivity index is 2.17. The number of hydrogen-bond acceptors (Lipinski definition) is 4. The number of hydrogen-bond donors (Lipinski definition) is 1. The Bertz CT molecular complexity index is 255. The maximum absolute atomic E-state index is 6.07. The molecule has 0 amide bonds. The molecule has 2 fully saturated rings. The van der Waals surface area contributed by atoms with Crippen LogP contribution in [-0.2, 0) is 8.85 Å². The molecule has 0 aromatic rings. The van der Waals surface area contributed by atoms with Gasteiger partial charge in [0.2, 0.25) is 0 Å². The predicted octanol–water partition coefficient (Wildman–Crippen LogP) is 1.50. The van der Waals surface area contributed by atoms with E-state index in [2.05, 4.69) is 17.3 Å². The summed E-state index contributed by atoms with van der Waals surface area (Å²) in [6.07, 6.45) is 6.65. The van der Waals surface area contributed by atoms with Crippen LogP contribution < -0.4 is 5.32 Å². The average molecular weight is 272 g/mol. The molecular formula is C13H28N2O2Si. The molecule has 106 valence electrons. The fourth-order valence-corrected chi connectivity index (χ4v) is 8.03. The normalized spacial score (nSPS) is 28.5. The molecule has 0 aromatic heterocycles. The molecule has 0 aromatic carbocycles. The molecule has 2 rings (SSSR count). The van der Waals surface area contributed by atoms with Crippen molar-refractivity contribution >= 4 is 8.56 Å². The lowest BCUT2D eigenvalue weighted by Crippen LogP contribution is -2.68. The highest BCUT2D eigenvalue weighted by Gasteiger charge is 2.53. The van der Waals surface area contributed by atoms with Crippen LogP contribution in [0.2, 0.25) is 5.54 Å². The quantitative estimate of drug-likeness (QED) is 0.787. The minimum absolute atomic E-state index is 0.448. The Kier molecular flexibility index (Phi) is 5.21. The summed E-state index contributed by atoms with van der Waals surface area (Å²) in [5.41, 5.74) is 1.11. The predicted molar refractivity (Wildman–Crippen MR) is 75.9 cm³/mol. The van der Waals surface area contributed by atoms with Gasteiger partial charge in [-0.2, -0.15) is 0 Å². The van der Waals surface area contributed by atoms with Crippen LogP contribution in [0.25, 0.3) is 0 Å². The Morgan fingerprint density at radius 3 is 2.33 bits per heavy atom. The fourth-order valence-electron chi connectivity index (χ4n) is 3.72. The van der Waals surface area contributed by atoms with Gasteiger partial charge >= 0.3 is 8.56 Å². The average Bonchev–Trinajstić information content (AvgIpc) is 2.44. The van der Waals surface area contributed by atoms with Gasteiger partial charge < -0.3 is 14.2 Å². The van der Waals surface area contributed by atoms with Crippen LogP contribution in [0.1, 0.15) is 32.1 Å². The number of nitrogens with zero attached hydrogens (tertiary/aromatic N) is 1. The first kappa shape index (κ1) is 14.5. The van der Waals surface area contributed by atoms with Gasteiger partial charge in [-0.1, -0.05) is 19.3 Å². The van der Waals surface area contributed by atoms with Gasteiger partial charge in [0.1, 0.15) is 0 Å². The Labute approximate surface area is 112 Å². The van der Waals surface area contributed by atoms with Crippen molar-refractivity contribution in [3.63, 3.8) is 0 Å². The summed E-state index contributed by atoms with van der Waals surface area (Å²) in [6.45, 7) is 3.19. The zero-order valence-corrected chi connectivity index (χ0v) is 13.1. The molecule has 1 aliphatic carbocycles. The van der Waals surface area contributed by atoms with Crippen LogP contribution in [0.4, 0.5) is 0 Å². The molecule has 18 heavy (non-hydrogen) atoms. The van der Waals surface area contributed by atoms with Crippen molar-refractivity contribution in [3.05, 3.63) is 0 Å². The van der Waals surface area contributed by atoms with Crippen LogP contribution in [0.15, 0.2) is 0 Å². The lowest BCUT2D eigenvalue weighted by molar-refractivity contribution is 0.143. The molecule has 1 aliphatic heterocycles. The van der Waals surface area contributed by atoms with E-state index in [0.717, 1.165) is 19.6 Å². The molecule has 2 aliphatic rings. The third-order valence-electron chi connectivity index (χ3n) is 4.79. The zero-order chi connectivity index (χ0) is 13.0. The van der Waals surface area contributed by atoms with Gasteiger partial charge in [0.25, 0.3) is 0 Å². The van der Waals surface area contributed by atoms with Gasteiger partial charge in [-0.15, -0.1) is 0 Å². The maximum atomic E-state index is 6.07. The van der Waals surface area contributed by atoms with Crippen molar-refractivity contribution in [2.75, 3.05) is 40.9 Å². The first-order valence-corrected chi connectivity index (χ1v) is 9.23. The third-order valence-corrected chi connectivity index (χ3v) is 9.35. The van der Waals surface area contributed by atoms with E-state index in [1.165, 1.54) is 32.1 Å². The van der Waals surface area contributed by atoms with Gasteiger partial charge in [-0.25, -0.2) is 0 Å². The van der Waals surface area contributed by atoms with Gasteiger partial charge in [0.05, 0.1) is 5.67 Å². The summed E-state index contributed by atoms with van der Waals surface area (Å²) in [5.74, 6) is 0. The van der Waals surface area contributed by atoms with E-state index in [0.29, 0.717) is 11.2 Å². The molecule has 1 saturated carbocycles. The summed E-state index contributed by atoms with van der Waals surface area (Å²) in [7, 11) is 3.81. The van der Waals surface area contributed by atoms with E-state index in [4.69, 9.17) is 8.85 Å².